The maximum absolute atomic E-state index is 12.0. The first-order valence-electron chi connectivity index (χ1n) is 9.69. The molecule has 0 aliphatic heterocycles. The summed E-state index contributed by atoms with van der Waals surface area (Å²) in [5.41, 5.74) is 8.21. The summed E-state index contributed by atoms with van der Waals surface area (Å²) in [4.78, 5) is 22.8. The van der Waals surface area contributed by atoms with Crippen molar-refractivity contribution in [1.29, 1.82) is 0 Å². The third-order valence-corrected chi connectivity index (χ3v) is 4.55. The standard InChI is InChI=1S/C20H23N7O4/c1-2-31-18(28)13-26-20(23-24-25-26)19(16-7-4-8-17(10-16)27(29)30)22-12-15-6-3-5-14(9-15)11-21/h3-10,19,22H,2,11-13,21H2,1H3. The molecule has 1 atom stereocenters. The molecule has 1 heterocycles. The minimum absolute atomic E-state index is 0.0566. The molecule has 3 aromatic rings. The Kier molecular flexibility index (Phi) is 7.35. The highest BCUT2D eigenvalue weighted by Crippen LogP contribution is 2.24. The van der Waals surface area contributed by atoms with Crippen LogP contribution in [0, 0.1) is 10.1 Å². The molecule has 1 unspecified atom stereocenters. The Balaban J connectivity index is 1.93. The van der Waals surface area contributed by atoms with Crippen molar-refractivity contribution in [3.8, 4) is 0 Å². The van der Waals surface area contributed by atoms with E-state index >= 15 is 0 Å². The number of nitro groups is 1. The molecular formula is C20H23N7O4. The minimum Gasteiger partial charge on any atom is -0.465 e. The summed E-state index contributed by atoms with van der Waals surface area (Å²) in [5.74, 6) is -0.145. The van der Waals surface area contributed by atoms with Gasteiger partial charge in [0.15, 0.2) is 5.82 Å². The number of tetrazole rings is 1. The normalized spacial score (nSPS) is 11.8. The van der Waals surface area contributed by atoms with Crippen molar-refractivity contribution in [2.45, 2.75) is 32.6 Å². The van der Waals surface area contributed by atoms with Gasteiger partial charge in [0.1, 0.15) is 6.54 Å². The number of rotatable bonds is 10. The van der Waals surface area contributed by atoms with Crippen molar-refractivity contribution >= 4 is 11.7 Å². The zero-order valence-electron chi connectivity index (χ0n) is 17.0. The highest BCUT2D eigenvalue weighted by atomic mass is 16.6. The van der Waals surface area contributed by atoms with Crippen molar-refractivity contribution in [2.75, 3.05) is 6.61 Å². The maximum Gasteiger partial charge on any atom is 0.327 e. The second-order valence-corrected chi connectivity index (χ2v) is 6.69. The Labute approximate surface area is 178 Å². The second-order valence-electron chi connectivity index (χ2n) is 6.69. The fourth-order valence-corrected chi connectivity index (χ4v) is 3.12. The number of nitrogens with zero attached hydrogens (tertiary/aromatic N) is 5. The lowest BCUT2D eigenvalue weighted by molar-refractivity contribution is -0.384. The van der Waals surface area contributed by atoms with Crippen molar-refractivity contribution in [3.63, 3.8) is 0 Å². The van der Waals surface area contributed by atoms with Gasteiger partial charge >= 0.3 is 5.97 Å². The van der Waals surface area contributed by atoms with Crippen molar-refractivity contribution in [3.05, 3.63) is 81.2 Å². The molecule has 31 heavy (non-hydrogen) atoms. The fourth-order valence-electron chi connectivity index (χ4n) is 3.12. The van der Waals surface area contributed by atoms with Crippen LogP contribution in [0.25, 0.3) is 0 Å². The average molecular weight is 425 g/mol. The minimum atomic E-state index is -0.606. The number of esters is 1. The summed E-state index contributed by atoms with van der Waals surface area (Å²) in [7, 11) is 0. The van der Waals surface area contributed by atoms with Crippen LogP contribution in [0.2, 0.25) is 0 Å². The Morgan fingerprint density at radius 3 is 2.77 bits per heavy atom. The molecule has 0 radical (unpaired) electrons. The second kappa shape index (κ2) is 10.4. The van der Waals surface area contributed by atoms with E-state index in [1.165, 1.54) is 16.8 Å². The molecule has 0 amide bonds. The number of non-ortho nitro benzene ring substituents is 1. The highest BCUT2D eigenvalue weighted by Gasteiger charge is 2.24. The van der Waals surface area contributed by atoms with Gasteiger partial charge in [0.2, 0.25) is 0 Å². The van der Waals surface area contributed by atoms with Crippen LogP contribution in [0.15, 0.2) is 48.5 Å². The Hall–Kier alpha value is -3.70. The van der Waals surface area contributed by atoms with E-state index in [-0.39, 0.29) is 18.8 Å². The number of nitro benzene ring substituents is 1. The third-order valence-electron chi connectivity index (χ3n) is 4.55. The predicted molar refractivity (Wildman–Crippen MR) is 111 cm³/mol. The van der Waals surface area contributed by atoms with Crippen molar-refractivity contribution in [1.82, 2.24) is 25.5 Å². The van der Waals surface area contributed by atoms with Gasteiger partial charge < -0.3 is 10.5 Å². The lowest BCUT2D eigenvalue weighted by Crippen LogP contribution is -2.27. The molecule has 0 saturated carbocycles. The lowest BCUT2D eigenvalue weighted by atomic mass is 10.0. The molecule has 0 aliphatic carbocycles. The van der Waals surface area contributed by atoms with Crippen LogP contribution in [0.1, 0.15) is 35.5 Å². The van der Waals surface area contributed by atoms with Crippen LogP contribution in [0.5, 0.6) is 0 Å². The molecule has 3 N–H and O–H groups in total. The molecule has 3 rings (SSSR count). The molecular weight excluding hydrogens is 402 g/mol. The SMILES string of the molecule is CCOC(=O)Cn1nnnc1C(NCc1cccc(CN)c1)c1cccc([N+](=O)[O-])c1. The van der Waals surface area contributed by atoms with Gasteiger partial charge in [0, 0.05) is 25.2 Å². The van der Waals surface area contributed by atoms with Gasteiger partial charge in [-0.05, 0) is 34.0 Å². The number of hydrogen-bond donors (Lipinski definition) is 2. The van der Waals surface area contributed by atoms with Gasteiger partial charge in [-0.25, -0.2) is 4.68 Å². The molecule has 1 aromatic heterocycles. The number of nitrogens with one attached hydrogen (secondary N) is 1. The number of hydrogen-bond acceptors (Lipinski definition) is 9. The van der Waals surface area contributed by atoms with Crippen LogP contribution in [0.3, 0.4) is 0 Å². The number of nitrogens with two attached hydrogens (primary N) is 1. The summed E-state index contributed by atoms with van der Waals surface area (Å²) in [6, 6.07) is 13.3. The molecule has 0 bridgehead atoms. The topological polar surface area (TPSA) is 151 Å². The van der Waals surface area contributed by atoms with E-state index in [9.17, 15) is 14.9 Å². The molecule has 162 valence electrons. The molecule has 11 nitrogen and oxygen atoms in total. The molecule has 0 fully saturated rings. The van der Waals surface area contributed by atoms with E-state index in [0.717, 1.165) is 11.1 Å². The van der Waals surface area contributed by atoms with Crippen LogP contribution >= 0.6 is 0 Å². The Bertz CT molecular complexity index is 1050. The van der Waals surface area contributed by atoms with Crippen molar-refractivity contribution < 1.29 is 14.5 Å². The fraction of sp³-hybridized carbons (Fsp3) is 0.300. The monoisotopic (exact) mass is 425 g/mol. The summed E-state index contributed by atoms with van der Waals surface area (Å²) >= 11 is 0. The van der Waals surface area contributed by atoms with Crippen LogP contribution < -0.4 is 11.1 Å². The maximum atomic E-state index is 12.0. The van der Waals surface area contributed by atoms with E-state index in [1.54, 1.807) is 19.1 Å². The van der Waals surface area contributed by atoms with Gasteiger partial charge in [-0.2, -0.15) is 0 Å². The van der Waals surface area contributed by atoms with Gasteiger partial charge in [0.05, 0.1) is 17.6 Å². The van der Waals surface area contributed by atoms with E-state index in [2.05, 4.69) is 20.8 Å². The molecule has 11 heteroatoms. The van der Waals surface area contributed by atoms with Gasteiger partial charge in [-0.15, -0.1) is 5.10 Å². The first kappa shape index (κ1) is 22.0. The zero-order chi connectivity index (χ0) is 22.2. The first-order valence-corrected chi connectivity index (χ1v) is 9.69. The molecule has 0 saturated heterocycles. The quantitative estimate of drug-likeness (QED) is 0.279. The Morgan fingerprint density at radius 1 is 1.26 bits per heavy atom. The van der Waals surface area contributed by atoms with Crippen LogP contribution in [-0.4, -0.2) is 37.7 Å². The van der Waals surface area contributed by atoms with Gasteiger partial charge in [-0.1, -0.05) is 36.4 Å². The Morgan fingerprint density at radius 2 is 2.03 bits per heavy atom. The number of carbonyl (C=O) groups is 1. The van der Waals surface area contributed by atoms with E-state index < -0.39 is 16.9 Å². The first-order chi connectivity index (χ1) is 15.0. The van der Waals surface area contributed by atoms with Crippen LogP contribution in [-0.2, 0) is 29.2 Å². The summed E-state index contributed by atoms with van der Waals surface area (Å²) in [6.45, 7) is 2.61. The van der Waals surface area contributed by atoms with Gasteiger partial charge in [-0.3, -0.25) is 20.2 Å². The number of aromatic nitrogens is 4. The van der Waals surface area contributed by atoms with E-state index in [1.807, 2.05) is 24.3 Å². The van der Waals surface area contributed by atoms with E-state index in [4.69, 9.17) is 10.5 Å². The smallest absolute Gasteiger partial charge is 0.327 e. The summed E-state index contributed by atoms with van der Waals surface area (Å²) in [5, 5.41) is 26.2. The molecule has 0 spiro atoms. The lowest BCUT2D eigenvalue weighted by Gasteiger charge is -2.19. The van der Waals surface area contributed by atoms with E-state index in [0.29, 0.717) is 24.5 Å². The number of ether oxygens (including phenoxy) is 1. The number of carbonyl (C=O) groups excluding carboxylic acids is 1. The predicted octanol–water partition coefficient (Wildman–Crippen LogP) is 1.48. The van der Waals surface area contributed by atoms with Gasteiger partial charge in [0.25, 0.3) is 5.69 Å². The third kappa shape index (κ3) is 5.68. The molecule has 0 aliphatic rings. The molecule has 2 aromatic carbocycles. The van der Waals surface area contributed by atoms with Crippen molar-refractivity contribution in [2.24, 2.45) is 5.73 Å². The average Bonchev–Trinajstić information content (AvgIpc) is 3.22. The largest absolute Gasteiger partial charge is 0.465 e. The number of benzene rings is 2. The zero-order valence-corrected chi connectivity index (χ0v) is 17.0. The highest BCUT2D eigenvalue weighted by molar-refractivity contribution is 5.69. The summed E-state index contributed by atoms with van der Waals surface area (Å²) < 4.78 is 6.31. The summed E-state index contributed by atoms with van der Waals surface area (Å²) in [6.07, 6.45) is 0. The van der Waals surface area contributed by atoms with Crippen LogP contribution in [0.4, 0.5) is 5.69 Å².